The van der Waals surface area contributed by atoms with Crippen molar-refractivity contribution >= 4 is 5.91 Å². The Bertz CT molecular complexity index is 339. The average Bonchev–Trinajstić information content (AvgIpc) is 2.66. The topological polar surface area (TPSA) is 56.9 Å². The summed E-state index contributed by atoms with van der Waals surface area (Å²) in [5, 5.41) is 6.32. The molecule has 82 valence electrons. The van der Waals surface area contributed by atoms with E-state index < -0.39 is 0 Å². The number of H-pyrrole nitrogens is 1. The van der Waals surface area contributed by atoms with E-state index in [2.05, 4.69) is 15.6 Å². The Morgan fingerprint density at radius 1 is 1.60 bits per heavy atom. The van der Waals surface area contributed by atoms with Crippen LogP contribution in [0, 0.1) is 6.92 Å². The van der Waals surface area contributed by atoms with Crippen molar-refractivity contribution in [3.8, 4) is 0 Å². The lowest BCUT2D eigenvalue weighted by Crippen LogP contribution is -2.45. The van der Waals surface area contributed by atoms with Gasteiger partial charge in [0.1, 0.15) is 0 Å². The van der Waals surface area contributed by atoms with Crippen LogP contribution >= 0.6 is 0 Å². The molecule has 1 saturated heterocycles. The number of carbonyl (C=O) groups excluding carboxylic acids is 1. The van der Waals surface area contributed by atoms with Gasteiger partial charge in [-0.25, -0.2) is 0 Å². The summed E-state index contributed by atoms with van der Waals surface area (Å²) in [4.78, 5) is 14.8. The second-order valence-electron chi connectivity index (χ2n) is 4.03. The number of aromatic amines is 1. The molecule has 2 heterocycles. The first kappa shape index (κ1) is 10.2. The van der Waals surface area contributed by atoms with Crippen molar-refractivity contribution < 1.29 is 4.79 Å². The van der Waals surface area contributed by atoms with E-state index in [-0.39, 0.29) is 11.9 Å². The first-order valence-electron chi connectivity index (χ1n) is 5.43. The molecular weight excluding hydrogens is 190 g/mol. The van der Waals surface area contributed by atoms with Crippen molar-refractivity contribution in [3.05, 3.63) is 23.5 Å². The number of aryl methyl sites for hydroxylation is 1. The maximum Gasteiger partial charge on any atom is 0.253 e. The van der Waals surface area contributed by atoms with Crippen LogP contribution in [0.3, 0.4) is 0 Å². The van der Waals surface area contributed by atoms with Crippen molar-refractivity contribution in [3.63, 3.8) is 0 Å². The molecule has 0 spiro atoms. The summed E-state index contributed by atoms with van der Waals surface area (Å²) in [6, 6.07) is 2.10. The fourth-order valence-electron chi connectivity index (χ4n) is 1.94. The van der Waals surface area contributed by atoms with E-state index in [4.69, 9.17) is 0 Å². The van der Waals surface area contributed by atoms with E-state index in [1.165, 1.54) is 0 Å². The Hall–Kier alpha value is -1.29. The third-order valence-corrected chi connectivity index (χ3v) is 2.83. The van der Waals surface area contributed by atoms with Crippen molar-refractivity contribution in [2.24, 2.45) is 0 Å². The number of hydrogen-bond donors (Lipinski definition) is 3. The Morgan fingerprint density at radius 2 is 2.47 bits per heavy atom. The molecule has 0 unspecified atom stereocenters. The predicted octanol–water partition coefficient (Wildman–Crippen LogP) is 0.805. The Labute approximate surface area is 89.5 Å². The van der Waals surface area contributed by atoms with Gasteiger partial charge in [0.05, 0.1) is 5.56 Å². The Balaban J connectivity index is 1.94. The molecule has 0 bridgehead atoms. The summed E-state index contributed by atoms with van der Waals surface area (Å²) >= 11 is 0. The molecule has 0 radical (unpaired) electrons. The molecule has 2 rings (SSSR count). The molecule has 1 atom stereocenters. The molecule has 1 fully saturated rings. The third kappa shape index (κ3) is 2.39. The second kappa shape index (κ2) is 4.49. The van der Waals surface area contributed by atoms with Crippen LogP contribution in [0.15, 0.2) is 12.3 Å². The lowest BCUT2D eigenvalue weighted by Gasteiger charge is -2.23. The van der Waals surface area contributed by atoms with Crippen LogP contribution in [-0.4, -0.2) is 30.0 Å². The maximum absolute atomic E-state index is 11.8. The zero-order valence-corrected chi connectivity index (χ0v) is 8.97. The first-order chi connectivity index (χ1) is 7.27. The molecule has 4 nitrogen and oxygen atoms in total. The van der Waals surface area contributed by atoms with Gasteiger partial charge in [-0.1, -0.05) is 0 Å². The monoisotopic (exact) mass is 207 g/mol. The molecule has 1 aliphatic heterocycles. The molecule has 0 aliphatic carbocycles. The summed E-state index contributed by atoms with van der Waals surface area (Å²) in [6.45, 7) is 3.86. The minimum absolute atomic E-state index is 0.0300. The highest BCUT2D eigenvalue weighted by molar-refractivity contribution is 5.95. The van der Waals surface area contributed by atoms with Crippen LogP contribution in [-0.2, 0) is 0 Å². The molecule has 0 aromatic carbocycles. The zero-order valence-electron chi connectivity index (χ0n) is 8.97. The maximum atomic E-state index is 11.8. The molecule has 1 amide bonds. The molecule has 15 heavy (non-hydrogen) atoms. The van der Waals surface area contributed by atoms with Gasteiger partial charge in [0.25, 0.3) is 5.91 Å². The van der Waals surface area contributed by atoms with E-state index in [9.17, 15) is 4.79 Å². The van der Waals surface area contributed by atoms with E-state index in [1.54, 1.807) is 6.20 Å². The number of carbonyl (C=O) groups is 1. The Morgan fingerprint density at radius 3 is 3.07 bits per heavy atom. The van der Waals surface area contributed by atoms with E-state index in [0.29, 0.717) is 0 Å². The van der Waals surface area contributed by atoms with Crippen LogP contribution in [0.25, 0.3) is 0 Å². The van der Waals surface area contributed by atoms with Gasteiger partial charge in [-0.3, -0.25) is 4.79 Å². The standard InChI is InChI=1S/C11H17N3O/c1-8-10(4-6-13-8)11(15)14-9-3-2-5-12-7-9/h4,6,9,12-13H,2-3,5,7H2,1H3,(H,14,15)/t9-/m1/s1. The smallest absolute Gasteiger partial charge is 0.253 e. The van der Waals surface area contributed by atoms with Crippen molar-refractivity contribution in [2.45, 2.75) is 25.8 Å². The predicted molar refractivity (Wildman–Crippen MR) is 58.9 cm³/mol. The first-order valence-corrected chi connectivity index (χ1v) is 5.43. The number of rotatable bonds is 2. The largest absolute Gasteiger partial charge is 0.365 e. The molecule has 3 N–H and O–H groups in total. The number of piperidine rings is 1. The van der Waals surface area contributed by atoms with Crippen molar-refractivity contribution in [1.82, 2.24) is 15.6 Å². The molecule has 1 aromatic rings. The summed E-state index contributed by atoms with van der Waals surface area (Å²) in [7, 11) is 0. The van der Waals surface area contributed by atoms with Crippen LogP contribution in [0.2, 0.25) is 0 Å². The number of nitrogens with one attached hydrogen (secondary N) is 3. The zero-order chi connectivity index (χ0) is 10.7. The van der Waals surface area contributed by atoms with Crippen LogP contribution < -0.4 is 10.6 Å². The summed E-state index contributed by atoms with van der Waals surface area (Å²) < 4.78 is 0. The van der Waals surface area contributed by atoms with Gasteiger partial charge >= 0.3 is 0 Å². The average molecular weight is 207 g/mol. The normalized spacial score (nSPS) is 21.3. The van der Waals surface area contributed by atoms with Gasteiger partial charge in [0.2, 0.25) is 0 Å². The molecule has 4 heteroatoms. The number of aromatic nitrogens is 1. The van der Waals surface area contributed by atoms with Crippen LogP contribution in [0.4, 0.5) is 0 Å². The molecular formula is C11H17N3O. The molecule has 0 saturated carbocycles. The highest BCUT2D eigenvalue weighted by Gasteiger charge is 2.17. The number of amides is 1. The summed E-state index contributed by atoms with van der Waals surface area (Å²) in [6.07, 6.45) is 4.00. The second-order valence-corrected chi connectivity index (χ2v) is 4.03. The minimum atomic E-state index is 0.0300. The fourth-order valence-corrected chi connectivity index (χ4v) is 1.94. The minimum Gasteiger partial charge on any atom is -0.365 e. The van der Waals surface area contributed by atoms with E-state index in [0.717, 1.165) is 37.2 Å². The number of hydrogen-bond acceptors (Lipinski definition) is 2. The summed E-state index contributed by atoms with van der Waals surface area (Å²) in [5.74, 6) is 0.0300. The lowest BCUT2D eigenvalue weighted by atomic mass is 10.1. The fraction of sp³-hybridized carbons (Fsp3) is 0.545. The third-order valence-electron chi connectivity index (χ3n) is 2.83. The van der Waals surface area contributed by atoms with Crippen molar-refractivity contribution in [2.75, 3.05) is 13.1 Å². The van der Waals surface area contributed by atoms with Crippen LogP contribution in [0.5, 0.6) is 0 Å². The van der Waals surface area contributed by atoms with Crippen LogP contribution in [0.1, 0.15) is 28.9 Å². The molecule has 1 aromatic heterocycles. The van der Waals surface area contributed by atoms with Gasteiger partial charge in [-0.15, -0.1) is 0 Å². The van der Waals surface area contributed by atoms with Gasteiger partial charge in [-0.2, -0.15) is 0 Å². The highest BCUT2D eigenvalue weighted by Crippen LogP contribution is 2.07. The lowest BCUT2D eigenvalue weighted by molar-refractivity contribution is 0.0930. The van der Waals surface area contributed by atoms with Gasteiger partial charge in [0, 0.05) is 24.5 Å². The van der Waals surface area contributed by atoms with Gasteiger partial charge in [-0.05, 0) is 32.4 Å². The molecule has 1 aliphatic rings. The summed E-state index contributed by atoms with van der Waals surface area (Å²) in [5.41, 5.74) is 1.68. The van der Waals surface area contributed by atoms with E-state index in [1.807, 2.05) is 13.0 Å². The van der Waals surface area contributed by atoms with Crippen molar-refractivity contribution in [1.29, 1.82) is 0 Å². The van der Waals surface area contributed by atoms with E-state index >= 15 is 0 Å². The SMILES string of the molecule is Cc1[nH]ccc1C(=O)N[C@@H]1CCCNC1. The highest BCUT2D eigenvalue weighted by atomic mass is 16.1. The quantitative estimate of drug-likeness (QED) is 0.672. The van der Waals surface area contributed by atoms with Gasteiger partial charge < -0.3 is 15.6 Å². The Kier molecular flexibility index (Phi) is 3.06. The van der Waals surface area contributed by atoms with Gasteiger partial charge in [0.15, 0.2) is 0 Å².